The Balaban J connectivity index is 1.66. The van der Waals surface area contributed by atoms with Crippen LogP contribution in [0, 0.1) is 6.92 Å². The van der Waals surface area contributed by atoms with Crippen molar-refractivity contribution in [2.24, 2.45) is 0 Å². The van der Waals surface area contributed by atoms with Crippen LogP contribution in [0.4, 0.5) is 0 Å². The molecule has 1 N–H and O–H groups in total. The van der Waals surface area contributed by atoms with Gasteiger partial charge in [-0.15, -0.1) is 0 Å². The van der Waals surface area contributed by atoms with Gasteiger partial charge in [-0.2, -0.15) is 0 Å². The minimum absolute atomic E-state index is 0.0121. The Morgan fingerprint density at radius 2 is 1.96 bits per heavy atom. The molecule has 2 heterocycles. The van der Waals surface area contributed by atoms with Gasteiger partial charge in [-0.25, -0.2) is 0 Å². The maximum Gasteiger partial charge on any atom is 0.253 e. The number of aliphatic hydroxyl groups excluding tert-OH is 1. The zero-order valence-electron chi connectivity index (χ0n) is 15.4. The van der Waals surface area contributed by atoms with Gasteiger partial charge in [0.15, 0.2) is 0 Å². The first kappa shape index (κ1) is 18.4. The Morgan fingerprint density at radius 1 is 1.23 bits per heavy atom. The average molecular weight is 354 g/mol. The number of aryl methyl sites for hydroxylation is 2. The molecule has 0 aliphatic carbocycles. The summed E-state index contributed by atoms with van der Waals surface area (Å²) in [7, 11) is 0. The van der Waals surface area contributed by atoms with E-state index in [9.17, 15) is 9.90 Å². The van der Waals surface area contributed by atoms with Gasteiger partial charge in [0.25, 0.3) is 5.91 Å². The van der Waals surface area contributed by atoms with Crippen LogP contribution in [0.2, 0.25) is 0 Å². The summed E-state index contributed by atoms with van der Waals surface area (Å²) in [6, 6.07) is 11.4. The van der Waals surface area contributed by atoms with Crippen LogP contribution in [0.1, 0.15) is 41.4 Å². The Kier molecular flexibility index (Phi) is 5.89. The van der Waals surface area contributed by atoms with E-state index in [2.05, 4.69) is 11.9 Å². The average Bonchev–Trinajstić information content (AvgIpc) is 2.85. The fourth-order valence-corrected chi connectivity index (χ4v) is 3.22. The zero-order valence-corrected chi connectivity index (χ0v) is 15.4. The fourth-order valence-electron chi connectivity index (χ4n) is 3.22. The maximum atomic E-state index is 12.8. The van der Waals surface area contributed by atoms with Crippen LogP contribution in [0.5, 0.6) is 5.75 Å². The smallest absolute Gasteiger partial charge is 0.253 e. The number of carbonyl (C=O) groups excluding carboxylic acids is 1. The van der Waals surface area contributed by atoms with Crippen LogP contribution in [0.15, 0.2) is 42.6 Å². The van der Waals surface area contributed by atoms with Gasteiger partial charge >= 0.3 is 0 Å². The minimum Gasteiger partial charge on any atom is -0.486 e. The molecule has 2 atom stereocenters. The molecule has 1 aromatic heterocycles. The van der Waals surface area contributed by atoms with E-state index in [0.29, 0.717) is 37.2 Å². The number of carbonyl (C=O) groups is 1. The van der Waals surface area contributed by atoms with Crippen LogP contribution in [-0.4, -0.2) is 46.2 Å². The molecule has 1 amide bonds. The van der Waals surface area contributed by atoms with Crippen molar-refractivity contribution in [2.75, 3.05) is 13.1 Å². The minimum atomic E-state index is -0.602. The highest BCUT2D eigenvalue weighted by Gasteiger charge is 2.29. The number of aliphatic hydroxyl groups is 1. The van der Waals surface area contributed by atoms with Gasteiger partial charge in [0.2, 0.25) is 0 Å². The monoisotopic (exact) mass is 354 g/mol. The van der Waals surface area contributed by atoms with Crippen molar-refractivity contribution in [1.82, 2.24) is 9.88 Å². The molecule has 1 saturated heterocycles. The number of amides is 1. The van der Waals surface area contributed by atoms with Crippen LogP contribution in [-0.2, 0) is 6.42 Å². The van der Waals surface area contributed by atoms with E-state index in [1.165, 1.54) is 5.56 Å². The quantitative estimate of drug-likeness (QED) is 0.917. The standard InChI is InChI=1S/C21H26N2O3/c1-3-16-6-8-17(9-7-16)21(25)23-13-10-18(24)20(11-14-23)26-19-5-4-12-22-15(19)2/h4-9,12,18,20,24H,3,10-11,13-14H2,1-2H3/t18-,20-/m0/s1. The van der Waals surface area contributed by atoms with E-state index in [4.69, 9.17) is 4.74 Å². The maximum absolute atomic E-state index is 12.8. The normalized spacial score (nSPS) is 20.5. The molecule has 0 spiro atoms. The van der Waals surface area contributed by atoms with E-state index in [1.54, 1.807) is 6.20 Å². The summed E-state index contributed by atoms with van der Waals surface area (Å²) in [6.45, 7) is 5.07. The van der Waals surface area contributed by atoms with Gasteiger partial charge in [0.05, 0.1) is 11.8 Å². The molecule has 5 heteroatoms. The molecule has 0 saturated carbocycles. The van der Waals surface area contributed by atoms with E-state index in [1.807, 2.05) is 48.2 Å². The summed E-state index contributed by atoms with van der Waals surface area (Å²) in [4.78, 5) is 18.8. The van der Waals surface area contributed by atoms with Crippen LogP contribution in [0.3, 0.4) is 0 Å². The lowest BCUT2D eigenvalue weighted by Gasteiger charge is -2.22. The van der Waals surface area contributed by atoms with Crippen molar-refractivity contribution in [3.8, 4) is 5.75 Å². The predicted octanol–water partition coefficient (Wildman–Crippen LogP) is 3.00. The van der Waals surface area contributed by atoms with E-state index in [-0.39, 0.29) is 12.0 Å². The highest BCUT2D eigenvalue weighted by molar-refractivity contribution is 5.94. The number of rotatable bonds is 4. The van der Waals surface area contributed by atoms with Gasteiger partial charge in [-0.05, 0) is 49.6 Å². The first-order valence-electron chi connectivity index (χ1n) is 9.23. The first-order valence-corrected chi connectivity index (χ1v) is 9.23. The molecule has 1 aromatic carbocycles. The van der Waals surface area contributed by atoms with Gasteiger partial charge < -0.3 is 14.7 Å². The van der Waals surface area contributed by atoms with E-state index < -0.39 is 6.10 Å². The largest absolute Gasteiger partial charge is 0.486 e. The molecule has 2 aromatic rings. The lowest BCUT2D eigenvalue weighted by atomic mass is 10.1. The summed E-state index contributed by atoms with van der Waals surface area (Å²) < 4.78 is 5.99. The molecular formula is C21H26N2O3. The molecular weight excluding hydrogens is 328 g/mol. The third kappa shape index (κ3) is 4.22. The van der Waals surface area contributed by atoms with Gasteiger partial charge in [0, 0.05) is 31.3 Å². The molecule has 0 bridgehead atoms. The number of pyridine rings is 1. The van der Waals surface area contributed by atoms with Crippen molar-refractivity contribution in [3.05, 3.63) is 59.4 Å². The van der Waals surface area contributed by atoms with Crippen molar-refractivity contribution >= 4 is 5.91 Å². The fraction of sp³-hybridized carbons (Fsp3) is 0.429. The number of hydrogen-bond acceptors (Lipinski definition) is 4. The van der Waals surface area contributed by atoms with E-state index >= 15 is 0 Å². The van der Waals surface area contributed by atoms with E-state index in [0.717, 1.165) is 12.1 Å². The summed E-state index contributed by atoms with van der Waals surface area (Å²) in [5, 5.41) is 10.5. The molecule has 0 radical (unpaired) electrons. The number of hydrogen-bond donors (Lipinski definition) is 1. The van der Waals surface area contributed by atoms with Crippen LogP contribution >= 0.6 is 0 Å². The van der Waals surface area contributed by atoms with Gasteiger partial charge in [-0.1, -0.05) is 19.1 Å². The Bertz CT molecular complexity index is 745. The highest BCUT2D eigenvalue weighted by atomic mass is 16.5. The number of ether oxygens (including phenoxy) is 1. The van der Waals surface area contributed by atoms with Crippen molar-refractivity contribution < 1.29 is 14.6 Å². The highest BCUT2D eigenvalue weighted by Crippen LogP contribution is 2.22. The molecule has 5 nitrogen and oxygen atoms in total. The lowest BCUT2D eigenvalue weighted by Crippen LogP contribution is -2.32. The second-order valence-electron chi connectivity index (χ2n) is 6.73. The Hall–Kier alpha value is -2.40. The number of likely N-dealkylation sites (tertiary alicyclic amines) is 1. The summed E-state index contributed by atoms with van der Waals surface area (Å²) in [5.74, 6) is 0.699. The zero-order chi connectivity index (χ0) is 18.5. The summed E-state index contributed by atoms with van der Waals surface area (Å²) >= 11 is 0. The van der Waals surface area contributed by atoms with Crippen LogP contribution < -0.4 is 4.74 Å². The Morgan fingerprint density at radius 3 is 2.65 bits per heavy atom. The topological polar surface area (TPSA) is 62.7 Å². The number of aromatic nitrogens is 1. The molecule has 3 rings (SSSR count). The summed E-state index contributed by atoms with van der Waals surface area (Å²) in [5.41, 5.74) is 2.71. The SMILES string of the molecule is CCc1ccc(C(=O)N2CC[C@H](Oc3cccnc3C)[C@@H](O)CC2)cc1. The molecule has 1 aliphatic heterocycles. The third-order valence-corrected chi connectivity index (χ3v) is 4.94. The second kappa shape index (κ2) is 8.32. The number of benzene rings is 1. The summed E-state index contributed by atoms with van der Waals surface area (Å²) in [6.07, 6.45) is 2.83. The van der Waals surface area contributed by atoms with Crippen molar-refractivity contribution in [2.45, 2.75) is 45.3 Å². The van der Waals surface area contributed by atoms with Crippen molar-refractivity contribution in [3.63, 3.8) is 0 Å². The van der Waals surface area contributed by atoms with Gasteiger partial charge in [0.1, 0.15) is 11.9 Å². The Labute approximate surface area is 154 Å². The lowest BCUT2D eigenvalue weighted by molar-refractivity contribution is 0.0343. The van der Waals surface area contributed by atoms with Gasteiger partial charge in [-0.3, -0.25) is 9.78 Å². The van der Waals surface area contributed by atoms with Crippen LogP contribution in [0.25, 0.3) is 0 Å². The molecule has 0 unspecified atom stereocenters. The van der Waals surface area contributed by atoms with Crippen molar-refractivity contribution in [1.29, 1.82) is 0 Å². The predicted molar refractivity (Wildman–Crippen MR) is 100 cm³/mol. The molecule has 1 aliphatic rings. The first-order chi connectivity index (χ1) is 12.6. The molecule has 26 heavy (non-hydrogen) atoms. The molecule has 138 valence electrons. The third-order valence-electron chi connectivity index (χ3n) is 4.94. The molecule has 1 fully saturated rings. The second-order valence-corrected chi connectivity index (χ2v) is 6.73. The number of nitrogens with zero attached hydrogens (tertiary/aromatic N) is 2.